The minimum absolute atomic E-state index is 0.0689. The molecule has 1 aliphatic rings. The second-order valence-electron chi connectivity index (χ2n) is 11.1. The molecule has 2 aromatic carbocycles. The van der Waals surface area contributed by atoms with E-state index in [-0.39, 0.29) is 29.6 Å². The molecule has 1 N–H and O–H groups in total. The Hall–Kier alpha value is -3.91. The summed E-state index contributed by atoms with van der Waals surface area (Å²) >= 11 is 1.42. The molecule has 4 aromatic rings. The van der Waals surface area contributed by atoms with Gasteiger partial charge in [-0.05, 0) is 72.6 Å². The molecule has 0 saturated heterocycles. The van der Waals surface area contributed by atoms with Crippen LogP contribution in [0, 0.1) is 5.82 Å². The summed E-state index contributed by atoms with van der Waals surface area (Å²) in [6, 6.07) is 16.7. The smallest absolute Gasteiger partial charge is 0.288 e. The first-order chi connectivity index (χ1) is 19.2. The number of hydrogen-bond donors (Lipinski definition) is 1. The van der Waals surface area contributed by atoms with Gasteiger partial charge in [0, 0.05) is 35.1 Å². The van der Waals surface area contributed by atoms with Crippen molar-refractivity contribution < 1.29 is 14.0 Å². The highest BCUT2D eigenvalue weighted by Crippen LogP contribution is 2.34. The van der Waals surface area contributed by atoms with Crippen molar-refractivity contribution in [1.29, 1.82) is 0 Å². The molecule has 2 amide bonds. The van der Waals surface area contributed by atoms with Crippen molar-refractivity contribution in [2.75, 3.05) is 11.4 Å². The van der Waals surface area contributed by atoms with E-state index in [9.17, 15) is 14.0 Å². The van der Waals surface area contributed by atoms with E-state index in [2.05, 4.69) is 36.1 Å². The maximum Gasteiger partial charge on any atom is 0.288 e. The zero-order valence-electron chi connectivity index (χ0n) is 23.0. The number of anilines is 1. The summed E-state index contributed by atoms with van der Waals surface area (Å²) in [5.41, 5.74) is 4.00. The number of fused-ring (bicyclic) bond motifs is 1. The van der Waals surface area contributed by atoms with E-state index in [1.165, 1.54) is 28.4 Å². The molecule has 0 bridgehead atoms. The van der Waals surface area contributed by atoms with Crippen LogP contribution < -0.4 is 10.2 Å². The van der Waals surface area contributed by atoms with Gasteiger partial charge in [0.25, 0.3) is 5.91 Å². The third-order valence-electron chi connectivity index (χ3n) is 7.12. The number of amides is 2. The topological polar surface area (TPSA) is 75.2 Å². The summed E-state index contributed by atoms with van der Waals surface area (Å²) in [6.45, 7) is 6.68. The third-order valence-corrected chi connectivity index (χ3v) is 8.26. The average Bonchev–Trinajstić information content (AvgIpc) is 3.54. The Bertz CT molecular complexity index is 1470. The lowest BCUT2D eigenvalue weighted by atomic mass is 9.87. The lowest BCUT2D eigenvalue weighted by molar-refractivity contribution is -0.122. The normalized spacial score (nSPS) is 13.5. The Morgan fingerprint density at radius 1 is 1.07 bits per heavy atom. The number of benzene rings is 2. The Morgan fingerprint density at radius 3 is 2.55 bits per heavy atom. The van der Waals surface area contributed by atoms with Crippen molar-refractivity contribution in [1.82, 2.24) is 15.3 Å². The highest BCUT2D eigenvalue weighted by Gasteiger charge is 2.36. The summed E-state index contributed by atoms with van der Waals surface area (Å²) in [6.07, 6.45) is 6.54. The van der Waals surface area contributed by atoms with Crippen LogP contribution in [0.2, 0.25) is 0 Å². The average molecular weight is 557 g/mol. The fraction of sp³-hybridized carbons (Fsp3) is 0.312. The van der Waals surface area contributed by atoms with E-state index in [0.29, 0.717) is 22.7 Å². The molecule has 1 atom stereocenters. The Kier molecular flexibility index (Phi) is 8.07. The number of pyridine rings is 1. The molecule has 6 nitrogen and oxygen atoms in total. The maximum atomic E-state index is 14.2. The van der Waals surface area contributed by atoms with E-state index >= 15 is 0 Å². The molecule has 0 saturated carbocycles. The molecule has 1 aliphatic carbocycles. The zero-order valence-corrected chi connectivity index (χ0v) is 23.8. The second-order valence-corrected chi connectivity index (χ2v) is 12.2. The van der Waals surface area contributed by atoms with Gasteiger partial charge in [0.2, 0.25) is 5.91 Å². The molecule has 1 unspecified atom stereocenters. The standard InChI is InChI=1S/C32H33FN4O2S/c1-32(2,3)23-12-14-25(15-13-23)37(31(39)30-36-26-10-5-11-27(26)40-30)28(22-8-6-17-34-20-22)29(38)35-18-16-21-7-4-9-24(33)19-21/h4,6-9,12-15,17,19-20,28H,5,10-11,16,18H2,1-3H3,(H,35,38). The quantitative estimate of drug-likeness (QED) is 0.280. The molecule has 40 heavy (non-hydrogen) atoms. The Morgan fingerprint density at radius 2 is 1.88 bits per heavy atom. The molecular formula is C32H33FN4O2S. The predicted molar refractivity (Wildman–Crippen MR) is 156 cm³/mol. The van der Waals surface area contributed by atoms with Crippen LogP contribution in [-0.2, 0) is 29.5 Å². The van der Waals surface area contributed by atoms with E-state index in [1.807, 2.05) is 30.3 Å². The van der Waals surface area contributed by atoms with Crippen LogP contribution in [0.3, 0.4) is 0 Å². The van der Waals surface area contributed by atoms with E-state index in [0.717, 1.165) is 41.0 Å². The van der Waals surface area contributed by atoms with E-state index in [4.69, 9.17) is 0 Å². The Balaban J connectivity index is 1.51. The number of thiazole rings is 1. The van der Waals surface area contributed by atoms with Crippen molar-refractivity contribution in [3.05, 3.63) is 111 Å². The number of carbonyl (C=O) groups excluding carboxylic acids is 2. The number of hydrogen-bond acceptors (Lipinski definition) is 5. The third kappa shape index (κ3) is 6.12. The largest absolute Gasteiger partial charge is 0.354 e. The molecule has 5 rings (SSSR count). The monoisotopic (exact) mass is 556 g/mol. The number of rotatable bonds is 8. The number of carbonyl (C=O) groups is 2. The lowest BCUT2D eigenvalue weighted by Crippen LogP contribution is -2.44. The first kappa shape index (κ1) is 27.6. The molecule has 0 radical (unpaired) electrons. The van der Waals surface area contributed by atoms with Crippen molar-refractivity contribution >= 4 is 28.8 Å². The molecule has 8 heteroatoms. The summed E-state index contributed by atoms with van der Waals surface area (Å²) in [4.78, 5) is 39.7. The molecule has 2 aromatic heterocycles. The number of halogens is 1. The molecule has 0 fully saturated rings. The van der Waals surface area contributed by atoms with E-state index < -0.39 is 6.04 Å². The van der Waals surface area contributed by atoms with Gasteiger partial charge in [-0.1, -0.05) is 51.1 Å². The Labute approximate surface area is 238 Å². The van der Waals surface area contributed by atoms with Gasteiger partial charge in [0.15, 0.2) is 5.01 Å². The van der Waals surface area contributed by atoms with Gasteiger partial charge >= 0.3 is 0 Å². The van der Waals surface area contributed by atoms with Crippen molar-refractivity contribution in [3.8, 4) is 0 Å². The SMILES string of the molecule is CC(C)(C)c1ccc(N(C(=O)c2nc3c(s2)CCC3)C(C(=O)NCCc2cccc(F)c2)c2cccnc2)cc1. The van der Waals surface area contributed by atoms with Gasteiger partial charge in [-0.25, -0.2) is 9.37 Å². The fourth-order valence-corrected chi connectivity index (χ4v) is 6.05. The van der Waals surface area contributed by atoms with Gasteiger partial charge in [0.05, 0.1) is 5.69 Å². The van der Waals surface area contributed by atoms with Crippen LogP contribution in [0.5, 0.6) is 0 Å². The molecule has 0 aliphatic heterocycles. The van der Waals surface area contributed by atoms with Crippen LogP contribution in [0.15, 0.2) is 73.1 Å². The first-order valence-corrected chi connectivity index (χ1v) is 14.4. The van der Waals surface area contributed by atoms with E-state index in [1.54, 1.807) is 30.6 Å². The zero-order chi connectivity index (χ0) is 28.3. The maximum absolute atomic E-state index is 14.2. The van der Waals surface area contributed by atoms with Crippen LogP contribution in [0.25, 0.3) is 0 Å². The molecule has 0 spiro atoms. The van der Waals surface area contributed by atoms with Gasteiger partial charge < -0.3 is 5.32 Å². The number of aromatic nitrogens is 2. The summed E-state index contributed by atoms with van der Waals surface area (Å²) < 4.78 is 13.7. The van der Waals surface area contributed by atoms with Crippen LogP contribution in [0.4, 0.5) is 10.1 Å². The van der Waals surface area contributed by atoms with Gasteiger partial charge in [-0.15, -0.1) is 11.3 Å². The van der Waals surface area contributed by atoms with Gasteiger partial charge in [-0.2, -0.15) is 0 Å². The summed E-state index contributed by atoms with van der Waals surface area (Å²) in [5, 5.41) is 3.36. The van der Waals surface area contributed by atoms with Gasteiger partial charge in [-0.3, -0.25) is 19.5 Å². The number of aryl methyl sites for hydroxylation is 2. The van der Waals surface area contributed by atoms with Gasteiger partial charge in [0.1, 0.15) is 11.9 Å². The highest BCUT2D eigenvalue weighted by atomic mass is 32.1. The van der Waals surface area contributed by atoms with Crippen LogP contribution in [0.1, 0.15) is 70.3 Å². The predicted octanol–water partition coefficient (Wildman–Crippen LogP) is 6.21. The van der Waals surface area contributed by atoms with Crippen LogP contribution in [-0.4, -0.2) is 28.3 Å². The lowest BCUT2D eigenvalue weighted by Gasteiger charge is -2.31. The highest BCUT2D eigenvalue weighted by molar-refractivity contribution is 7.13. The summed E-state index contributed by atoms with van der Waals surface area (Å²) in [5.74, 6) is -0.985. The molecular weight excluding hydrogens is 523 g/mol. The number of nitrogens with zero attached hydrogens (tertiary/aromatic N) is 3. The first-order valence-electron chi connectivity index (χ1n) is 13.6. The minimum Gasteiger partial charge on any atom is -0.354 e. The van der Waals surface area contributed by atoms with Crippen LogP contribution >= 0.6 is 11.3 Å². The second kappa shape index (κ2) is 11.7. The number of nitrogens with one attached hydrogen (secondary N) is 1. The van der Waals surface area contributed by atoms with Crippen molar-refractivity contribution in [3.63, 3.8) is 0 Å². The van der Waals surface area contributed by atoms with Crippen molar-refractivity contribution in [2.45, 2.75) is 57.9 Å². The minimum atomic E-state index is -0.979. The summed E-state index contributed by atoms with van der Waals surface area (Å²) in [7, 11) is 0. The van der Waals surface area contributed by atoms with Crippen molar-refractivity contribution in [2.24, 2.45) is 0 Å². The molecule has 206 valence electrons. The fourth-order valence-electron chi connectivity index (χ4n) is 4.97. The molecule has 2 heterocycles.